The average molecular weight is 429 g/mol. The highest BCUT2D eigenvalue weighted by Crippen LogP contribution is 2.32. The van der Waals surface area contributed by atoms with E-state index in [1.165, 1.54) is 5.56 Å². The summed E-state index contributed by atoms with van der Waals surface area (Å²) in [5, 5.41) is 3.02. The van der Waals surface area contributed by atoms with Crippen molar-refractivity contribution in [2.75, 3.05) is 53.7 Å². The number of amides is 1. The first-order valence-corrected chi connectivity index (χ1v) is 10.7. The van der Waals surface area contributed by atoms with E-state index in [1.54, 1.807) is 14.2 Å². The summed E-state index contributed by atoms with van der Waals surface area (Å²) in [6, 6.07) is 13.7. The van der Waals surface area contributed by atoms with Gasteiger partial charge in [0.2, 0.25) is 0 Å². The number of hydrogen-bond acceptors (Lipinski definition) is 6. The minimum atomic E-state index is -0.154. The molecule has 1 amide bonds. The van der Waals surface area contributed by atoms with Crippen LogP contribution in [-0.2, 0) is 16.0 Å². The smallest absolute Gasteiger partial charge is 0.258 e. The van der Waals surface area contributed by atoms with Gasteiger partial charge in [-0.25, -0.2) is 0 Å². The fourth-order valence-corrected chi connectivity index (χ4v) is 3.64. The third-order valence-electron chi connectivity index (χ3n) is 5.47. The summed E-state index contributed by atoms with van der Waals surface area (Å²) in [4.78, 5) is 14.8. The number of nitrogens with one attached hydrogen (secondary N) is 1. The van der Waals surface area contributed by atoms with Crippen molar-refractivity contribution in [3.8, 4) is 17.2 Å². The topological polar surface area (TPSA) is 69.3 Å². The van der Waals surface area contributed by atoms with Crippen LogP contribution in [0.2, 0.25) is 0 Å². The Kier molecular flexibility index (Phi) is 8.55. The van der Waals surface area contributed by atoms with Crippen molar-refractivity contribution in [3.05, 3.63) is 53.6 Å². The van der Waals surface area contributed by atoms with Crippen LogP contribution in [0, 0.1) is 0 Å². The molecule has 1 unspecified atom stereocenters. The highest BCUT2D eigenvalue weighted by molar-refractivity contribution is 5.77. The van der Waals surface area contributed by atoms with Crippen molar-refractivity contribution in [1.82, 2.24) is 10.2 Å². The molecule has 0 aromatic heterocycles. The molecule has 0 saturated carbocycles. The molecule has 1 aliphatic heterocycles. The molecule has 1 fully saturated rings. The SMILES string of the molecule is CCc1ccc(OCC(=O)NCC(c2ccc(OC)c(OC)c2)N2CCOCC2)cc1. The number of aryl methyl sites for hydroxylation is 1. The lowest BCUT2D eigenvalue weighted by atomic mass is 10.0. The Morgan fingerprint density at radius 3 is 2.42 bits per heavy atom. The molecule has 1 N–H and O–H groups in total. The van der Waals surface area contributed by atoms with Crippen LogP contribution in [0.4, 0.5) is 0 Å². The first-order valence-electron chi connectivity index (χ1n) is 10.7. The van der Waals surface area contributed by atoms with Gasteiger partial charge in [0.1, 0.15) is 5.75 Å². The second-order valence-electron chi connectivity index (χ2n) is 7.37. The number of morpholine rings is 1. The first-order chi connectivity index (χ1) is 15.1. The molecule has 168 valence electrons. The number of rotatable bonds is 10. The molecule has 0 spiro atoms. The van der Waals surface area contributed by atoms with Crippen LogP contribution >= 0.6 is 0 Å². The van der Waals surface area contributed by atoms with Crippen LogP contribution in [0.5, 0.6) is 17.2 Å². The summed E-state index contributed by atoms with van der Waals surface area (Å²) in [6.07, 6.45) is 0.972. The second-order valence-corrected chi connectivity index (χ2v) is 7.37. The van der Waals surface area contributed by atoms with Gasteiger partial charge in [-0.2, -0.15) is 0 Å². The number of benzene rings is 2. The largest absolute Gasteiger partial charge is 0.493 e. The van der Waals surface area contributed by atoms with Crippen LogP contribution in [0.3, 0.4) is 0 Å². The Labute approximate surface area is 184 Å². The van der Waals surface area contributed by atoms with Crippen LogP contribution in [0.25, 0.3) is 0 Å². The normalized spacial score (nSPS) is 15.2. The molecule has 0 aliphatic carbocycles. The summed E-state index contributed by atoms with van der Waals surface area (Å²) in [7, 11) is 3.24. The molecule has 1 saturated heterocycles. The Bertz CT molecular complexity index is 834. The molecule has 31 heavy (non-hydrogen) atoms. The van der Waals surface area contributed by atoms with Gasteiger partial charge in [0, 0.05) is 19.6 Å². The van der Waals surface area contributed by atoms with Gasteiger partial charge in [0.05, 0.1) is 33.5 Å². The Morgan fingerprint density at radius 2 is 1.77 bits per heavy atom. The van der Waals surface area contributed by atoms with E-state index in [-0.39, 0.29) is 18.6 Å². The van der Waals surface area contributed by atoms with Gasteiger partial charge in [-0.3, -0.25) is 9.69 Å². The lowest BCUT2D eigenvalue weighted by Crippen LogP contribution is -2.44. The third-order valence-corrected chi connectivity index (χ3v) is 5.47. The van der Waals surface area contributed by atoms with Crippen molar-refractivity contribution in [3.63, 3.8) is 0 Å². The molecule has 2 aromatic rings. The van der Waals surface area contributed by atoms with Gasteiger partial charge in [-0.1, -0.05) is 25.1 Å². The van der Waals surface area contributed by atoms with E-state index in [0.29, 0.717) is 37.0 Å². The molecular weight excluding hydrogens is 396 g/mol. The van der Waals surface area contributed by atoms with Crippen molar-refractivity contribution < 1.29 is 23.7 Å². The third kappa shape index (κ3) is 6.35. The van der Waals surface area contributed by atoms with E-state index in [0.717, 1.165) is 25.1 Å². The fourth-order valence-electron chi connectivity index (χ4n) is 3.64. The monoisotopic (exact) mass is 428 g/mol. The van der Waals surface area contributed by atoms with E-state index in [4.69, 9.17) is 18.9 Å². The van der Waals surface area contributed by atoms with Crippen LogP contribution < -0.4 is 19.5 Å². The highest BCUT2D eigenvalue weighted by Gasteiger charge is 2.24. The maximum absolute atomic E-state index is 12.5. The van der Waals surface area contributed by atoms with Gasteiger partial charge in [-0.15, -0.1) is 0 Å². The molecule has 1 aliphatic rings. The van der Waals surface area contributed by atoms with Crippen molar-refractivity contribution in [2.24, 2.45) is 0 Å². The van der Waals surface area contributed by atoms with Crippen molar-refractivity contribution >= 4 is 5.91 Å². The molecule has 3 rings (SSSR count). The maximum Gasteiger partial charge on any atom is 0.258 e. The van der Waals surface area contributed by atoms with Gasteiger partial charge >= 0.3 is 0 Å². The zero-order valence-corrected chi connectivity index (χ0v) is 18.6. The van der Waals surface area contributed by atoms with Crippen LogP contribution in [0.15, 0.2) is 42.5 Å². The molecule has 7 heteroatoms. The number of methoxy groups -OCH3 is 2. The molecular formula is C24H32N2O5. The summed E-state index contributed by atoms with van der Waals surface area (Å²) in [5.41, 5.74) is 2.29. The molecule has 1 atom stereocenters. The lowest BCUT2D eigenvalue weighted by Gasteiger charge is -2.35. The van der Waals surface area contributed by atoms with E-state index in [1.807, 2.05) is 42.5 Å². The summed E-state index contributed by atoms with van der Waals surface area (Å²) in [5.74, 6) is 1.89. The number of carbonyl (C=O) groups excluding carboxylic acids is 1. The van der Waals surface area contributed by atoms with E-state index >= 15 is 0 Å². The molecule has 0 radical (unpaired) electrons. The summed E-state index contributed by atoms with van der Waals surface area (Å²) < 4.78 is 22.0. The molecule has 1 heterocycles. The van der Waals surface area contributed by atoms with Gasteiger partial charge in [-0.05, 0) is 41.8 Å². The second kappa shape index (κ2) is 11.6. The van der Waals surface area contributed by atoms with E-state index in [2.05, 4.69) is 17.1 Å². The minimum Gasteiger partial charge on any atom is -0.493 e. The van der Waals surface area contributed by atoms with Crippen LogP contribution in [0.1, 0.15) is 24.1 Å². The van der Waals surface area contributed by atoms with Crippen LogP contribution in [-0.4, -0.2) is 64.5 Å². The van der Waals surface area contributed by atoms with E-state index < -0.39 is 0 Å². The molecule has 7 nitrogen and oxygen atoms in total. The fraction of sp³-hybridized carbons (Fsp3) is 0.458. The molecule has 0 bridgehead atoms. The minimum absolute atomic E-state index is 0.00325. The highest BCUT2D eigenvalue weighted by atomic mass is 16.5. The lowest BCUT2D eigenvalue weighted by molar-refractivity contribution is -0.123. The van der Waals surface area contributed by atoms with Gasteiger partial charge in [0.25, 0.3) is 5.91 Å². The Hall–Kier alpha value is -2.77. The van der Waals surface area contributed by atoms with Gasteiger partial charge < -0.3 is 24.3 Å². The Balaban J connectivity index is 1.63. The number of nitrogens with zero attached hydrogens (tertiary/aromatic N) is 1. The van der Waals surface area contributed by atoms with Gasteiger partial charge in [0.15, 0.2) is 18.1 Å². The number of ether oxygens (including phenoxy) is 4. The van der Waals surface area contributed by atoms with E-state index in [9.17, 15) is 4.79 Å². The zero-order chi connectivity index (χ0) is 22.1. The van der Waals surface area contributed by atoms with Crippen molar-refractivity contribution in [1.29, 1.82) is 0 Å². The maximum atomic E-state index is 12.5. The quantitative estimate of drug-likeness (QED) is 0.628. The summed E-state index contributed by atoms with van der Waals surface area (Å²) in [6.45, 7) is 5.50. The zero-order valence-electron chi connectivity index (χ0n) is 18.6. The number of carbonyl (C=O) groups is 1. The average Bonchev–Trinajstić information content (AvgIpc) is 2.83. The predicted molar refractivity (Wildman–Crippen MR) is 119 cm³/mol. The van der Waals surface area contributed by atoms with Crippen molar-refractivity contribution in [2.45, 2.75) is 19.4 Å². The standard InChI is InChI=1S/C24H32N2O5/c1-4-18-5-8-20(9-6-18)31-17-24(27)25-16-21(26-11-13-30-14-12-26)19-7-10-22(28-2)23(15-19)29-3/h5-10,15,21H,4,11-14,16-17H2,1-3H3,(H,25,27). The summed E-state index contributed by atoms with van der Waals surface area (Å²) >= 11 is 0. The number of hydrogen-bond donors (Lipinski definition) is 1. The predicted octanol–water partition coefficient (Wildman–Crippen LogP) is 2.83. The molecule has 2 aromatic carbocycles. The Morgan fingerprint density at radius 1 is 1.06 bits per heavy atom. The first kappa shape index (κ1) is 22.9.